The topological polar surface area (TPSA) is 25.8 Å². The third-order valence-electron chi connectivity index (χ3n) is 11.6. The van der Waals surface area contributed by atoms with Crippen LogP contribution in [0, 0.1) is 0 Å². The molecule has 1 aliphatic carbocycles. The summed E-state index contributed by atoms with van der Waals surface area (Å²) in [6, 6.07) is 65.8. The van der Waals surface area contributed by atoms with E-state index in [1.165, 1.54) is 76.5 Å². The number of allylic oxidation sites excluding steroid dienone is 4. The van der Waals surface area contributed by atoms with E-state index in [-0.39, 0.29) is 5.92 Å². The molecule has 0 N–H and O–H groups in total. The van der Waals surface area contributed by atoms with Gasteiger partial charge in [-0.25, -0.2) is 9.97 Å². The van der Waals surface area contributed by atoms with Crippen molar-refractivity contribution in [3.8, 4) is 33.5 Å². The van der Waals surface area contributed by atoms with Gasteiger partial charge in [0, 0.05) is 16.9 Å². The van der Waals surface area contributed by atoms with Crippen LogP contribution in [0.15, 0.2) is 200 Å². The third-order valence-corrected chi connectivity index (χ3v) is 11.6. The van der Waals surface area contributed by atoms with Crippen LogP contribution in [0.25, 0.3) is 93.1 Å². The van der Waals surface area contributed by atoms with Crippen molar-refractivity contribution in [1.82, 2.24) is 9.97 Å². The molecule has 11 rings (SSSR count). The molecule has 0 bridgehead atoms. The van der Waals surface area contributed by atoms with Crippen LogP contribution < -0.4 is 0 Å². The first kappa shape index (κ1) is 32.3. The molecule has 2 nitrogen and oxygen atoms in total. The molecule has 10 aromatic rings. The van der Waals surface area contributed by atoms with Crippen molar-refractivity contribution in [2.75, 3.05) is 0 Å². The maximum atomic E-state index is 5.43. The molecular formula is C54H36N2. The highest BCUT2D eigenvalue weighted by molar-refractivity contribution is 6.19. The maximum Gasteiger partial charge on any atom is 0.136 e. The van der Waals surface area contributed by atoms with Crippen molar-refractivity contribution in [2.24, 2.45) is 0 Å². The molecule has 0 saturated carbocycles. The van der Waals surface area contributed by atoms with Gasteiger partial charge in [-0.1, -0.05) is 182 Å². The van der Waals surface area contributed by atoms with Gasteiger partial charge in [0.15, 0.2) is 0 Å². The first-order valence-corrected chi connectivity index (χ1v) is 19.4. The van der Waals surface area contributed by atoms with Crippen molar-refractivity contribution < 1.29 is 0 Å². The number of rotatable bonds is 5. The number of hydrogen-bond donors (Lipinski definition) is 0. The van der Waals surface area contributed by atoms with E-state index in [9.17, 15) is 0 Å². The first-order chi connectivity index (χ1) is 27.8. The van der Waals surface area contributed by atoms with E-state index >= 15 is 0 Å². The number of hydrogen-bond acceptors (Lipinski definition) is 2. The lowest BCUT2D eigenvalue weighted by atomic mass is 9.81. The summed E-state index contributed by atoms with van der Waals surface area (Å²) < 4.78 is 0. The molecule has 262 valence electrons. The number of aromatic nitrogens is 2. The van der Waals surface area contributed by atoms with E-state index in [0.717, 1.165) is 34.4 Å². The quantitative estimate of drug-likeness (QED) is 0.166. The highest BCUT2D eigenvalue weighted by atomic mass is 14.9. The molecule has 0 saturated heterocycles. The van der Waals surface area contributed by atoms with Crippen LogP contribution >= 0.6 is 0 Å². The molecule has 1 atom stereocenters. The summed E-state index contributed by atoms with van der Waals surface area (Å²) in [6.45, 7) is 0. The Labute approximate surface area is 325 Å². The minimum Gasteiger partial charge on any atom is -0.232 e. The van der Waals surface area contributed by atoms with E-state index in [0.29, 0.717) is 0 Å². The Morgan fingerprint density at radius 2 is 1.02 bits per heavy atom. The number of nitrogens with zero attached hydrogens (tertiary/aromatic N) is 2. The molecule has 0 spiro atoms. The Hall–Kier alpha value is -7.16. The van der Waals surface area contributed by atoms with Crippen LogP contribution in [0.4, 0.5) is 0 Å². The lowest BCUT2D eigenvalue weighted by Gasteiger charge is -2.23. The van der Waals surface area contributed by atoms with Crippen molar-refractivity contribution >= 4 is 59.6 Å². The Morgan fingerprint density at radius 1 is 0.411 bits per heavy atom. The van der Waals surface area contributed by atoms with Crippen LogP contribution in [0.3, 0.4) is 0 Å². The Kier molecular flexibility index (Phi) is 7.67. The summed E-state index contributed by atoms with van der Waals surface area (Å²) >= 11 is 0. The van der Waals surface area contributed by atoms with Crippen LogP contribution in [-0.2, 0) is 0 Å². The summed E-state index contributed by atoms with van der Waals surface area (Å²) in [4.78, 5) is 10.7. The van der Waals surface area contributed by atoms with Gasteiger partial charge >= 0.3 is 0 Å². The molecule has 9 aromatic carbocycles. The van der Waals surface area contributed by atoms with Gasteiger partial charge in [0.1, 0.15) is 5.82 Å². The summed E-state index contributed by atoms with van der Waals surface area (Å²) in [5.41, 5.74) is 10.5. The van der Waals surface area contributed by atoms with E-state index in [4.69, 9.17) is 9.97 Å². The summed E-state index contributed by atoms with van der Waals surface area (Å²) in [6.07, 6.45) is 7.59. The molecule has 1 aliphatic rings. The zero-order chi connectivity index (χ0) is 37.0. The van der Waals surface area contributed by atoms with Gasteiger partial charge in [-0.15, -0.1) is 0 Å². The van der Waals surface area contributed by atoms with Crippen LogP contribution in [0.5, 0.6) is 0 Å². The SMILES string of the molecule is C1=CC(c2nc(-c3cccc(-c4cccc5ccccc45)c3)c3ccccc3n2)CC(c2c3ccccc3c(-c3ccc4ccccc4c3)c3ccccc23)=C1. The van der Waals surface area contributed by atoms with E-state index < -0.39 is 0 Å². The normalized spacial score (nSPS) is 14.2. The zero-order valence-corrected chi connectivity index (χ0v) is 30.7. The highest BCUT2D eigenvalue weighted by Gasteiger charge is 2.24. The Balaban J connectivity index is 1.03. The molecule has 0 aliphatic heterocycles. The monoisotopic (exact) mass is 712 g/mol. The predicted molar refractivity (Wildman–Crippen MR) is 237 cm³/mol. The predicted octanol–water partition coefficient (Wildman–Crippen LogP) is 14.4. The number of benzene rings is 9. The molecular weight excluding hydrogens is 677 g/mol. The number of fused-ring (bicyclic) bond motifs is 5. The first-order valence-electron chi connectivity index (χ1n) is 19.4. The molecule has 56 heavy (non-hydrogen) atoms. The molecule has 0 amide bonds. The van der Waals surface area contributed by atoms with Crippen molar-refractivity contribution in [3.05, 3.63) is 212 Å². The lowest BCUT2D eigenvalue weighted by molar-refractivity contribution is 0.792. The molecule has 1 aromatic heterocycles. The van der Waals surface area contributed by atoms with Crippen LogP contribution in [-0.4, -0.2) is 9.97 Å². The molecule has 2 heteroatoms. The van der Waals surface area contributed by atoms with Gasteiger partial charge in [-0.3, -0.25) is 0 Å². The van der Waals surface area contributed by atoms with E-state index in [1.54, 1.807) is 0 Å². The smallest absolute Gasteiger partial charge is 0.136 e. The van der Waals surface area contributed by atoms with Gasteiger partial charge in [0.25, 0.3) is 0 Å². The summed E-state index contributed by atoms with van der Waals surface area (Å²) in [7, 11) is 0. The fraction of sp³-hybridized carbons (Fsp3) is 0.0370. The highest BCUT2D eigenvalue weighted by Crippen LogP contribution is 2.45. The molecule has 1 heterocycles. The van der Waals surface area contributed by atoms with Crippen LogP contribution in [0.1, 0.15) is 23.7 Å². The average Bonchev–Trinajstić information content (AvgIpc) is 3.27. The fourth-order valence-corrected chi connectivity index (χ4v) is 8.96. The Bertz CT molecular complexity index is 3180. The average molecular weight is 713 g/mol. The minimum absolute atomic E-state index is 0.0114. The van der Waals surface area contributed by atoms with Crippen molar-refractivity contribution in [3.63, 3.8) is 0 Å². The fourth-order valence-electron chi connectivity index (χ4n) is 8.96. The second-order valence-electron chi connectivity index (χ2n) is 14.8. The van der Waals surface area contributed by atoms with E-state index in [2.05, 4.69) is 200 Å². The second-order valence-corrected chi connectivity index (χ2v) is 14.8. The molecule has 1 unspecified atom stereocenters. The Morgan fingerprint density at radius 3 is 1.80 bits per heavy atom. The van der Waals surface area contributed by atoms with E-state index in [1.807, 2.05) is 0 Å². The van der Waals surface area contributed by atoms with Gasteiger partial charge < -0.3 is 0 Å². The van der Waals surface area contributed by atoms with Gasteiger partial charge in [0.2, 0.25) is 0 Å². The number of para-hydroxylation sites is 1. The standard InChI is InChI=1S/C54H36N2/c1-2-16-37-32-40(31-30-35(37)14-1)52-47-25-7-5-23-45(47)51(46-24-6-8-26-48(46)52)39-19-12-21-42(34-39)54-55-50-29-10-9-27-49(50)53(56-54)41-20-11-18-38(33-41)44-28-13-17-36-15-3-4-22-43(36)44/h1-33,42H,34H2. The summed E-state index contributed by atoms with van der Waals surface area (Å²) in [5, 5.41) is 11.1. The van der Waals surface area contributed by atoms with Gasteiger partial charge in [-0.2, -0.15) is 0 Å². The van der Waals surface area contributed by atoms with Crippen molar-refractivity contribution in [1.29, 1.82) is 0 Å². The zero-order valence-electron chi connectivity index (χ0n) is 30.7. The van der Waals surface area contributed by atoms with Gasteiger partial charge in [0.05, 0.1) is 11.2 Å². The summed E-state index contributed by atoms with van der Waals surface area (Å²) in [5.74, 6) is 0.856. The molecule has 0 radical (unpaired) electrons. The largest absolute Gasteiger partial charge is 0.232 e. The second kappa shape index (κ2) is 13.3. The lowest BCUT2D eigenvalue weighted by Crippen LogP contribution is -2.08. The maximum absolute atomic E-state index is 5.43. The van der Waals surface area contributed by atoms with Crippen LogP contribution in [0.2, 0.25) is 0 Å². The van der Waals surface area contributed by atoms with Crippen molar-refractivity contribution in [2.45, 2.75) is 12.3 Å². The van der Waals surface area contributed by atoms with Gasteiger partial charge in [-0.05, 0) is 101 Å². The molecule has 0 fully saturated rings. The minimum atomic E-state index is 0.0114. The third kappa shape index (κ3) is 5.41.